The SMILES string of the molecule is CC(O)CNNCC(C)O. The first kappa shape index (κ1) is 9.84. The maximum Gasteiger partial charge on any atom is 0.0650 e. The van der Waals surface area contributed by atoms with Crippen molar-refractivity contribution in [1.82, 2.24) is 10.9 Å². The smallest absolute Gasteiger partial charge is 0.0650 e. The number of nitrogens with one attached hydrogen (secondary N) is 2. The van der Waals surface area contributed by atoms with Crippen LogP contribution in [0.1, 0.15) is 13.8 Å². The Balaban J connectivity index is 2.91. The van der Waals surface area contributed by atoms with Crippen LogP contribution in [0.25, 0.3) is 0 Å². The van der Waals surface area contributed by atoms with Crippen LogP contribution in [0.2, 0.25) is 0 Å². The lowest BCUT2D eigenvalue weighted by atomic mass is 10.4. The third-order valence-corrected chi connectivity index (χ3v) is 0.920. The van der Waals surface area contributed by atoms with E-state index < -0.39 is 0 Å². The van der Waals surface area contributed by atoms with Gasteiger partial charge in [-0.05, 0) is 13.8 Å². The Morgan fingerprint density at radius 2 is 1.30 bits per heavy atom. The maximum absolute atomic E-state index is 8.75. The van der Waals surface area contributed by atoms with E-state index in [9.17, 15) is 0 Å². The first-order valence-electron chi connectivity index (χ1n) is 3.44. The van der Waals surface area contributed by atoms with E-state index >= 15 is 0 Å². The van der Waals surface area contributed by atoms with Crippen LogP contribution in [-0.4, -0.2) is 35.5 Å². The molecule has 4 heteroatoms. The van der Waals surface area contributed by atoms with Gasteiger partial charge in [0.2, 0.25) is 0 Å². The lowest BCUT2D eigenvalue weighted by molar-refractivity contribution is 0.164. The first-order valence-corrected chi connectivity index (χ1v) is 3.44. The zero-order chi connectivity index (χ0) is 7.98. The summed E-state index contributed by atoms with van der Waals surface area (Å²) in [6.45, 7) is 4.37. The summed E-state index contributed by atoms with van der Waals surface area (Å²) < 4.78 is 0. The second kappa shape index (κ2) is 5.61. The Kier molecular flexibility index (Phi) is 5.52. The van der Waals surface area contributed by atoms with Crippen LogP contribution >= 0.6 is 0 Å². The average Bonchev–Trinajstić information content (AvgIpc) is 1.79. The van der Waals surface area contributed by atoms with Crippen molar-refractivity contribution in [1.29, 1.82) is 0 Å². The topological polar surface area (TPSA) is 64.5 Å². The van der Waals surface area contributed by atoms with Gasteiger partial charge in [0.25, 0.3) is 0 Å². The minimum absolute atomic E-state index is 0.360. The van der Waals surface area contributed by atoms with Crippen molar-refractivity contribution in [3.63, 3.8) is 0 Å². The van der Waals surface area contributed by atoms with Crippen molar-refractivity contribution in [2.75, 3.05) is 13.1 Å². The number of aliphatic hydroxyl groups is 2. The molecule has 0 bridgehead atoms. The molecule has 0 radical (unpaired) electrons. The number of aliphatic hydroxyl groups excluding tert-OH is 2. The first-order chi connectivity index (χ1) is 4.63. The fourth-order valence-electron chi connectivity index (χ4n) is 0.440. The molecular weight excluding hydrogens is 132 g/mol. The van der Waals surface area contributed by atoms with Crippen LogP contribution in [0.4, 0.5) is 0 Å². The van der Waals surface area contributed by atoms with Crippen molar-refractivity contribution in [2.24, 2.45) is 0 Å². The summed E-state index contributed by atoms with van der Waals surface area (Å²) in [7, 11) is 0. The van der Waals surface area contributed by atoms with E-state index in [0.29, 0.717) is 13.1 Å². The van der Waals surface area contributed by atoms with Gasteiger partial charge in [0.1, 0.15) is 0 Å². The van der Waals surface area contributed by atoms with Gasteiger partial charge < -0.3 is 10.2 Å². The minimum Gasteiger partial charge on any atom is -0.392 e. The van der Waals surface area contributed by atoms with Gasteiger partial charge in [-0.25, -0.2) is 0 Å². The lowest BCUT2D eigenvalue weighted by Gasteiger charge is -2.09. The van der Waals surface area contributed by atoms with Gasteiger partial charge in [-0.2, -0.15) is 0 Å². The molecule has 0 aromatic heterocycles. The summed E-state index contributed by atoms with van der Waals surface area (Å²) in [6.07, 6.45) is -0.719. The molecule has 0 aromatic rings. The summed E-state index contributed by atoms with van der Waals surface area (Å²) in [5, 5.41) is 17.5. The van der Waals surface area contributed by atoms with E-state index in [1.165, 1.54) is 0 Å². The van der Waals surface area contributed by atoms with Crippen LogP contribution in [0.5, 0.6) is 0 Å². The molecule has 0 saturated heterocycles. The van der Waals surface area contributed by atoms with Crippen molar-refractivity contribution < 1.29 is 10.2 Å². The van der Waals surface area contributed by atoms with Crippen LogP contribution in [0, 0.1) is 0 Å². The number of hydrazine groups is 1. The van der Waals surface area contributed by atoms with Crippen molar-refractivity contribution in [3.05, 3.63) is 0 Å². The van der Waals surface area contributed by atoms with E-state index in [1.54, 1.807) is 13.8 Å². The Labute approximate surface area is 61.2 Å². The third kappa shape index (κ3) is 7.84. The summed E-state index contributed by atoms with van der Waals surface area (Å²) in [5.74, 6) is 0. The Morgan fingerprint density at radius 1 is 1.00 bits per heavy atom. The van der Waals surface area contributed by atoms with E-state index in [4.69, 9.17) is 10.2 Å². The van der Waals surface area contributed by atoms with Crippen molar-refractivity contribution >= 4 is 0 Å². The highest BCUT2D eigenvalue weighted by Crippen LogP contribution is 1.74. The predicted octanol–water partition coefficient (Wildman–Crippen LogP) is -1.16. The highest BCUT2D eigenvalue weighted by atomic mass is 16.3. The number of hydrogen-bond acceptors (Lipinski definition) is 4. The zero-order valence-electron chi connectivity index (χ0n) is 6.46. The fraction of sp³-hybridized carbons (Fsp3) is 1.00. The second-order valence-electron chi connectivity index (χ2n) is 2.46. The molecule has 0 fully saturated rings. The summed E-state index contributed by atoms with van der Waals surface area (Å²) >= 11 is 0. The normalized spacial score (nSPS) is 16.8. The zero-order valence-corrected chi connectivity index (χ0v) is 6.46. The average molecular weight is 148 g/mol. The molecule has 4 N–H and O–H groups in total. The van der Waals surface area contributed by atoms with Crippen LogP contribution in [-0.2, 0) is 0 Å². The molecule has 0 spiro atoms. The van der Waals surface area contributed by atoms with E-state index in [0.717, 1.165) is 0 Å². The molecule has 0 rings (SSSR count). The molecule has 10 heavy (non-hydrogen) atoms. The van der Waals surface area contributed by atoms with E-state index in [1.807, 2.05) is 0 Å². The summed E-state index contributed by atoms with van der Waals surface area (Å²) in [5.41, 5.74) is 5.51. The molecule has 4 nitrogen and oxygen atoms in total. The highest BCUT2D eigenvalue weighted by molar-refractivity contribution is 4.51. The molecule has 0 aliphatic carbocycles. The van der Waals surface area contributed by atoms with E-state index in [-0.39, 0.29) is 12.2 Å². The van der Waals surface area contributed by atoms with Crippen molar-refractivity contribution in [2.45, 2.75) is 26.1 Å². The summed E-state index contributed by atoms with van der Waals surface area (Å²) in [6, 6.07) is 0. The Hall–Kier alpha value is -0.160. The molecule has 0 amide bonds. The van der Waals surface area contributed by atoms with Gasteiger partial charge in [-0.1, -0.05) is 0 Å². The molecule has 0 saturated carbocycles. The van der Waals surface area contributed by atoms with Crippen LogP contribution in [0.3, 0.4) is 0 Å². The molecule has 0 heterocycles. The second-order valence-corrected chi connectivity index (χ2v) is 2.46. The maximum atomic E-state index is 8.75. The molecule has 2 atom stereocenters. The Morgan fingerprint density at radius 3 is 1.50 bits per heavy atom. The minimum atomic E-state index is -0.360. The number of hydrogen-bond donors (Lipinski definition) is 4. The molecule has 2 unspecified atom stereocenters. The molecule has 0 aliphatic rings. The largest absolute Gasteiger partial charge is 0.392 e. The third-order valence-electron chi connectivity index (χ3n) is 0.920. The highest BCUT2D eigenvalue weighted by Gasteiger charge is 1.94. The molecule has 62 valence electrons. The van der Waals surface area contributed by atoms with Gasteiger partial charge in [-0.15, -0.1) is 0 Å². The fourth-order valence-corrected chi connectivity index (χ4v) is 0.440. The van der Waals surface area contributed by atoms with Gasteiger partial charge in [0, 0.05) is 13.1 Å². The quantitative estimate of drug-likeness (QED) is 0.293. The van der Waals surface area contributed by atoms with Gasteiger partial charge in [0.05, 0.1) is 12.2 Å². The number of rotatable bonds is 5. The van der Waals surface area contributed by atoms with Gasteiger partial charge in [-0.3, -0.25) is 10.9 Å². The van der Waals surface area contributed by atoms with Crippen LogP contribution < -0.4 is 10.9 Å². The van der Waals surface area contributed by atoms with Crippen LogP contribution in [0.15, 0.2) is 0 Å². The Bertz CT molecular complexity index is 66.1. The van der Waals surface area contributed by atoms with Crippen molar-refractivity contribution in [3.8, 4) is 0 Å². The molecule has 0 aliphatic heterocycles. The molecule has 0 aromatic carbocycles. The summed E-state index contributed by atoms with van der Waals surface area (Å²) in [4.78, 5) is 0. The standard InChI is InChI=1S/C6H16N2O2/c1-5(9)3-7-8-4-6(2)10/h5-10H,3-4H2,1-2H3. The lowest BCUT2D eigenvalue weighted by Crippen LogP contribution is -2.40. The monoisotopic (exact) mass is 148 g/mol. The predicted molar refractivity (Wildman–Crippen MR) is 39.4 cm³/mol. The van der Waals surface area contributed by atoms with E-state index in [2.05, 4.69) is 10.9 Å². The van der Waals surface area contributed by atoms with Gasteiger partial charge in [0.15, 0.2) is 0 Å². The van der Waals surface area contributed by atoms with Gasteiger partial charge >= 0.3 is 0 Å². The molecular formula is C6H16N2O2.